The van der Waals surface area contributed by atoms with Crippen LogP contribution in [0.5, 0.6) is 5.75 Å². The average Bonchev–Trinajstić information content (AvgIpc) is 3.81. The van der Waals surface area contributed by atoms with E-state index in [9.17, 15) is 9.90 Å². The number of amides is 1. The molecule has 3 atom stereocenters. The first kappa shape index (κ1) is 29.4. The molecule has 1 aromatic carbocycles. The van der Waals surface area contributed by atoms with Crippen molar-refractivity contribution in [2.75, 3.05) is 60.8 Å². The van der Waals surface area contributed by atoms with E-state index in [0.29, 0.717) is 53.4 Å². The Morgan fingerprint density at radius 2 is 2.07 bits per heavy atom. The fourth-order valence-electron chi connectivity index (χ4n) is 6.42. The predicted molar refractivity (Wildman–Crippen MR) is 170 cm³/mol. The summed E-state index contributed by atoms with van der Waals surface area (Å²) in [7, 11) is 1.64. The van der Waals surface area contributed by atoms with Gasteiger partial charge in [-0.05, 0) is 49.3 Å². The van der Waals surface area contributed by atoms with Crippen LogP contribution in [0.4, 0.5) is 28.7 Å². The summed E-state index contributed by atoms with van der Waals surface area (Å²) in [5, 5.41) is 21.4. The highest BCUT2D eigenvalue weighted by Crippen LogP contribution is 2.40. The van der Waals surface area contributed by atoms with Gasteiger partial charge in [0, 0.05) is 55.3 Å². The summed E-state index contributed by atoms with van der Waals surface area (Å²) in [5.41, 5.74) is 2.24. The number of aliphatic hydroxyl groups is 1. The van der Waals surface area contributed by atoms with Crippen LogP contribution in [-0.4, -0.2) is 84.0 Å². The van der Waals surface area contributed by atoms with Gasteiger partial charge in [0.2, 0.25) is 5.91 Å². The van der Waals surface area contributed by atoms with Gasteiger partial charge in [-0.1, -0.05) is 12.6 Å². The number of methoxy groups -OCH3 is 1. The Labute approximate surface area is 255 Å². The molecule has 43 heavy (non-hydrogen) atoms. The molecular formula is C31H39N7O4S. The van der Waals surface area contributed by atoms with Crippen LogP contribution in [0.25, 0.3) is 0 Å². The third-order valence-corrected chi connectivity index (χ3v) is 9.52. The van der Waals surface area contributed by atoms with Crippen molar-refractivity contribution in [3.8, 4) is 5.75 Å². The zero-order chi connectivity index (χ0) is 29.8. The van der Waals surface area contributed by atoms with Gasteiger partial charge in [-0.15, -0.1) is 11.3 Å². The van der Waals surface area contributed by atoms with Crippen LogP contribution < -0.4 is 25.6 Å². The zero-order valence-electron chi connectivity index (χ0n) is 24.4. The van der Waals surface area contributed by atoms with Crippen LogP contribution in [0, 0.1) is 0 Å². The highest BCUT2D eigenvalue weighted by molar-refractivity contribution is 7.10. The number of carbonyl (C=O) groups excluding carboxylic acids is 1. The number of piperidine rings is 1. The first-order chi connectivity index (χ1) is 21.0. The number of morpholine rings is 1. The average molecular weight is 606 g/mol. The third-order valence-electron chi connectivity index (χ3n) is 8.53. The van der Waals surface area contributed by atoms with Crippen LogP contribution in [-0.2, 0) is 9.53 Å². The molecule has 2 aromatic heterocycles. The fourth-order valence-corrected chi connectivity index (χ4v) is 7.23. The van der Waals surface area contributed by atoms with E-state index < -0.39 is 0 Å². The molecule has 0 saturated carbocycles. The number of likely N-dealkylation sites (tertiary alicyclic amines) is 1. The summed E-state index contributed by atoms with van der Waals surface area (Å²) in [6, 6.07) is 10.7. The molecule has 0 unspecified atom stereocenters. The van der Waals surface area contributed by atoms with Crippen LogP contribution in [0.15, 0.2) is 54.7 Å². The lowest BCUT2D eigenvalue weighted by atomic mass is 10.0. The van der Waals surface area contributed by atoms with Crippen LogP contribution >= 0.6 is 11.3 Å². The van der Waals surface area contributed by atoms with Crippen molar-refractivity contribution in [2.24, 2.45) is 0 Å². The van der Waals surface area contributed by atoms with E-state index >= 15 is 0 Å². The fraction of sp³-hybridized carbons (Fsp3) is 0.452. The van der Waals surface area contributed by atoms with E-state index in [1.165, 1.54) is 12.4 Å². The number of aliphatic hydroxyl groups excluding tert-OH is 1. The maximum Gasteiger partial charge on any atom is 0.247 e. The van der Waals surface area contributed by atoms with Crippen LogP contribution in [0.3, 0.4) is 0 Å². The number of nitrogens with one attached hydrogen (secondary N) is 3. The molecule has 3 aromatic rings. The second kappa shape index (κ2) is 13.3. The molecule has 3 aliphatic heterocycles. The van der Waals surface area contributed by atoms with Crippen LogP contribution in [0.1, 0.15) is 36.6 Å². The summed E-state index contributed by atoms with van der Waals surface area (Å²) >= 11 is 1.63. The molecule has 1 amide bonds. The lowest BCUT2D eigenvalue weighted by Crippen LogP contribution is -2.49. The van der Waals surface area contributed by atoms with E-state index in [-0.39, 0.29) is 18.6 Å². The van der Waals surface area contributed by atoms with E-state index in [1.807, 2.05) is 35.7 Å². The smallest absolute Gasteiger partial charge is 0.247 e. The number of aromatic nitrogens is 2. The minimum atomic E-state index is -0.280. The second-order valence-electron chi connectivity index (χ2n) is 11.2. The highest BCUT2D eigenvalue weighted by atomic mass is 32.1. The first-order valence-electron chi connectivity index (χ1n) is 14.8. The Hall–Kier alpha value is -3.71. The maximum atomic E-state index is 12.5. The minimum Gasteiger partial charge on any atom is -0.494 e. The molecule has 11 nitrogen and oxygen atoms in total. The molecule has 228 valence electrons. The van der Waals surface area contributed by atoms with E-state index in [0.717, 1.165) is 56.1 Å². The Morgan fingerprint density at radius 3 is 2.74 bits per heavy atom. The van der Waals surface area contributed by atoms with Gasteiger partial charge >= 0.3 is 0 Å². The lowest BCUT2D eigenvalue weighted by Gasteiger charge is -2.41. The third kappa shape index (κ3) is 6.62. The number of benzene rings is 1. The van der Waals surface area contributed by atoms with Gasteiger partial charge in [-0.2, -0.15) is 0 Å². The molecule has 4 N–H and O–H groups in total. The number of anilines is 5. The lowest BCUT2D eigenvalue weighted by molar-refractivity contribution is -0.111. The number of hydrogen-bond acceptors (Lipinski definition) is 11. The standard InChI is InChI=1S/C31H39N7O4S/c1-3-31(40)36-24-14-25(35-30-16-29(32-19-33-30)34-23(8-11-39)28-5-4-12-43-28)27(41-2)15-26(24)37-9-6-20(7-10-37)38-17-22-13-21(38)18-42-22/h3-5,12,14-16,19-23,39H,1,6-11,13,17-18H2,2H3,(H,36,40)(H2,32,33,34,35)/t21-,22-,23-/m1/s1. The Bertz CT molecular complexity index is 1410. The van der Waals surface area contributed by atoms with Crippen molar-refractivity contribution >= 4 is 45.9 Å². The molecule has 3 aliphatic rings. The van der Waals surface area contributed by atoms with E-state index in [4.69, 9.17) is 9.47 Å². The molecule has 6 rings (SSSR count). The van der Waals surface area contributed by atoms with E-state index in [2.05, 4.69) is 42.3 Å². The highest BCUT2D eigenvalue weighted by Gasteiger charge is 2.42. The molecule has 0 radical (unpaired) electrons. The largest absolute Gasteiger partial charge is 0.494 e. The zero-order valence-corrected chi connectivity index (χ0v) is 25.2. The van der Waals surface area contributed by atoms with Crippen molar-refractivity contribution in [1.82, 2.24) is 14.9 Å². The topological polar surface area (TPSA) is 124 Å². The Morgan fingerprint density at radius 1 is 1.23 bits per heavy atom. The SMILES string of the molecule is C=CC(=O)Nc1cc(Nc2cc(N[C@H](CCO)c3cccs3)ncn2)c(OC)cc1N1CCC(N2C[C@H]3C[C@@H]2CO3)CC1. The number of rotatable bonds is 12. The molecular weight excluding hydrogens is 566 g/mol. The molecule has 12 heteroatoms. The summed E-state index contributed by atoms with van der Waals surface area (Å²) in [6.07, 6.45) is 6.98. The molecule has 3 saturated heterocycles. The van der Waals surface area contributed by atoms with Crippen LogP contribution in [0.2, 0.25) is 0 Å². The summed E-state index contributed by atoms with van der Waals surface area (Å²) in [4.78, 5) is 27.4. The first-order valence-corrected chi connectivity index (χ1v) is 15.7. The number of thiophene rings is 1. The number of ether oxygens (including phenoxy) is 2. The summed E-state index contributed by atoms with van der Waals surface area (Å²) in [6.45, 7) is 7.36. The molecule has 0 spiro atoms. The van der Waals surface area contributed by atoms with Gasteiger partial charge in [0.15, 0.2) is 0 Å². The minimum absolute atomic E-state index is 0.0559. The van der Waals surface area contributed by atoms with Gasteiger partial charge in [-0.3, -0.25) is 9.69 Å². The summed E-state index contributed by atoms with van der Waals surface area (Å²) < 4.78 is 11.6. The Kier molecular flexibility index (Phi) is 9.08. The van der Waals surface area contributed by atoms with Gasteiger partial charge in [0.1, 0.15) is 23.7 Å². The van der Waals surface area contributed by atoms with Gasteiger partial charge < -0.3 is 35.4 Å². The number of fused-ring (bicyclic) bond motifs is 2. The van der Waals surface area contributed by atoms with Gasteiger partial charge in [-0.25, -0.2) is 9.97 Å². The Balaban J connectivity index is 1.20. The van der Waals surface area contributed by atoms with Gasteiger partial charge in [0.25, 0.3) is 0 Å². The molecule has 5 heterocycles. The molecule has 3 fully saturated rings. The van der Waals surface area contributed by atoms with Crippen molar-refractivity contribution < 1.29 is 19.4 Å². The summed E-state index contributed by atoms with van der Waals surface area (Å²) in [5.74, 6) is 1.54. The van der Waals surface area contributed by atoms with Crippen molar-refractivity contribution in [1.29, 1.82) is 0 Å². The normalized spacial score (nSPS) is 21.0. The monoisotopic (exact) mass is 605 g/mol. The second-order valence-corrected chi connectivity index (χ2v) is 12.1. The number of nitrogens with zero attached hydrogens (tertiary/aromatic N) is 4. The maximum absolute atomic E-state index is 12.5. The van der Waals surface area contributed by atoms with Gasteiger partial charge in [0.05, 0.1) is 42.9 Å². The van der Waals surface area contributed by atoms with Crippen molar-refractivity contribution in [3.63, 3.8) is 0 Å². The predicted octanol–water partition coefficient (Wildman–Crippen LogP) is 4.39. The number of hydrogen-bond donors (Lipinski definition) is 4. The van der Waals surface area contributed by atoms with Crippen molar-refractivity contribution in [2.45, 2.75) is 49.9 Å². The molecule has 0 aliphatic carbocycles. The quantitative estimate of drug-likeness (QED) is 0.221. The van der Waals surface area contributed by atoms with Crippen molar-refractivity contribution in [3.05, 3.63) is 59.6 Å². The van der Waals surface area contributed by atoms with E-state index in [1.54, 1.807) is 18.4 Å². The molecule has 2 bridgehead atoms. The number of carbonyl (C=O) groups is 1.